The fourth-order valence-corrected chi connectivity index (χ4v) is 4.73. The van der Waals surface area contributed by atoms with E-state index in [1.54, 1.807) is 18.5 Å². The molecule has 1 amide bonds. The van der Waals surface area contributed by atoms with Crippen LogP contribution in [0.5, 0.6) is 0 Å². The maximum absolute atomic E-state index is 13.5. The van der Waals surface area contributed by atoms with Crippen LogP contribution in [0.25, 0.3) is 11.0 Å². The highest BCUT2D eigenvalue weighted by Gasteiger charge is 2.32. The third-order valence-electron chi connectivity index (χ3n) is 5.38. The lowest BCUT2D eigenvalue weighted by Gasteiger charge is -2.34. The van der Waals surface area contributed by atoms with Gasteiger partial charge in [0.2, 0.25) is 0 Å². The molecule has 0 bridgehead atoms. The van der Waals surface area contributed by atoms with Crippen LogP contribution in [0.3, 0.4) is 0 Å². The highest BCUT2D eigenvalue weighted by Crippen LogP contribution is 2.34. The second-order valence-electron chi connectivity index (χ2n) is 7.03. The summed E-state index contributed by atoms with van der Waals surface area (Å²) in [5, 5.41) is 1.65. The molecule has 146 valence electrons. The quantitative estimate of drug-likeness (QED) is 0.369. The van der Waals surface area contributed by atoms with Crippen molar-refractivity contribution in [2.75, 3.05) is 6.54 Å². The van der Waals surface area contributed by atoms with Gasteiger partial charge in [-0.25, -0.2) is 9.97 Å². The number of rotatable bonds is 4. The number of carbonyl (C=O) groups is 1. The van der Waals surface area contributed by atoms with E-state index in [1.165, 1.54) is 11.8 Å². The van der Waals surface area contributed by atoms with Crippen molar-refractivity contribution >= 4 is 28.6 Å². The molecule has 0 spiro atoms. The molecule has 0 fully saturated rings. The van der Waals surface area contributed by atoms with Crippen molar-refractivity contribution < 1.29 is 9.21 Å². The highest BCUT2D eigenvalue weighted by atomic mass is 32.2. The number of thioether (sulfide) groups is 1. The van der Waals surface area contributed by atoms with E-state index >= 15 is 0 Å². The molecule has 1 unspecified atom stereocenters. The molecule has 5 rings (SSSR count). The Morgan fingerprint density at radius 2 is 1.97 bits per heavy atom. The van der Waals surface area contributed by atoms with Crippen molar-refractivity contribution in [1.29, 1.82) is 0 Å². The maximum atomic E-state index is 13.5. The van der Waals surface area contributed by atoms with E-state index in [0.717, 1.165) is 28.8 Å². The Kier molecular flexibility index (Phi) is 4.60. The number of hydrogen-bond donors (Lipinski definition) is 0. The Balaban J connectivity index is 1.50. The summed E-state index contributed by atoms with van der Waals surface area (Å²) in [6.45, 7) is 3.52. The lowest BCUT2D eigenvalue weighted by molar-refractivity contribution is 0.0612. The number of amides is 1. The van der Waals surface area contributed by atoms with Crippen LogP contribution in [-0.2, 0) is 12.3 Å². The Hall–Kier alpha value is -3.06. The van der Waals surface area contributed by atoms with Crippen molar-refractivity contribution in [3.8, 4) is 0 Å². The van der Waals surface area contributed by atoms with Gasteiger partial charge in [0.15, 0.2) is 10.9 Å². The molecule has 29 heavy (non-hydrogen) atoms. The van der Waals surface area contributed by atoms with E-state index in [0.29, 0.717) is 23.2 Å². The van der Waals surface area contributed by atoms with Gasteiger partial charge in [-0.1, -0.05) is 30.0 Å². The van der Waals surface area contributed by atoms with E-state index in [-0.39, 0.29) is 11.9 Å². The Bertz CT molecular complexity index is 1170. The topological polar surface area (TPSA) is 64.2 Å². The molecule has 1 aliphatic heterocycles. The van der Waals surface area contributed by atoms with E-state index in [4.69, 9.17) is 4.42 Å². The molecule has 1 aliphatic rings. The van der Waals surface area contributed by atoms with E-state index in [2.05, 4.69) is 33.7 Å². The smallest absolute Gasteiger partial charge is 0.290 e. The summed E-state index contributed by atoms with van der Waals surface area (Å²) < 4.78 is 8.27. The predicted octanol–water partition coefficient (Wildman–Crippen LogP) is 4.53. The normalized spacial score (nSPS) is 16.2. The van der Waals surface area contributed by atoms with E-state index in [1.807, 2.05) is 35.2 Å². The highest BCUT2D eigenvalue weighted by molar-refractivity contribution is 7.98. The first kappa shape index (κ1) is 18.0. The zero-order chi connectivity index (χ0) is 19.8. The Morgan fingerprint density at radius 3 is 2.83 bits per heavy atom. The van der Waals surface area contributed by atoms with Crippen LogP contribution in [-0.4, -0.2) is 31.9 Å². The van der Waals surface area contributed by atoms with Crippen LogP contribution in [0, 0.1) is 0 Å². The zero-order valence-electron chi connectivity index (χ0n) is 16.0. The predicted molar refractivity (Wildman–Crippen MR) is 112 cm³/mol. The van der Waals surface area contributed by atoms with E-state index < -0.39 is 0 Å². The molecule has 0 aliphatic carbocycles. The third-order valence-corrected chi connectivity index (χ3v) is 6.29. The minimum atomic E-state index is -0.0641. The second-order valence-corrected chi connectivity index (χ2v) is 7.97. The Morgan fingerprint density at radius 1 is 1.14 bits per heavy atom. The molecule has 3 aromatic heterocycles. The summed E-state index contributed by atoms with van der Waals surface area (Å²) >= 11 is 1.50. The monoisotopic (exact) mass is 404 g/mol. The van der Waals surface area contributed by atoms with Gasteiger partial charge in [0.05, 0.1) is 6.04 Å². The molecule has 0 N–H and O–H groups in total. The molecular formula is C22H20N4O2S. The van der Waals surface area contributed by atoms with Crippen molar-refractivity contribution in [3.05, 3.63) is 78.1 Å². The first-order valence-electron chi connectivity index (χ1n) is 9.58. The standard InChI is InChI=1S/C22H20N4O2S/c1-15-18-7-4-11-25(18)12-13-26(15)21(27)20-17(14-29-22-23-9-5-10-24-22)16-6-2-3-8-19(16)28-20/h2-11,15H,12-14H2,1H3. The fraction of sp³-hybridized carbons (Fsp3) is 0.227. The maximum Gasteiger partial charge on any atom is 0.290 e. The van der Waals surface area contributed by atoms with Gasteiger partial charge in [0.25, 0.3) is 5.91 Å². The number of carbonyl (C=O) groups excluding carboxylic acids is 1. The van der Waals surface area contributed by atoms with Crippen LogP contribution in [0.1, 0.15) is 34.8 Å². The zero-order valence-corrected chi connectivity index (χ0v) is 16.8. The Labute approximate surface area is 172 Å². The number of para-hydroxylation sites is 1. The summed E-state index contributed by atoms with van der Waals surface area (Å²) in [5.41, 5.74) is 2.78. The lowest BCUT2D eigenvalue weighted by Crippen LogP contribution is -2.40. The van der Waals surface area contributed by atoms with Gasteiger partial charge < -0.3 is 13.9 Å². The number of furan rings is 1. The first-order chi connectivity index (χ1) is 14.2. The lowest BCUT2D eigenvalue weighted by atomic mass is 10.1. The molecule has 0 saturated heterocycles. The number of nitrogens with zero attached hydrogens (tertiary/aromatic N) is 4. The van der Waals surface area contributed by atoms with Crippen molar-refractivity contribution in [3.63, 3.8) is 0 Å². The van der Waals surface area contributed by atoms with Gasteiger partial charge in [-0.2, -0.15) is 0 Å². The van der Waals surface area contributed by atoms with Gasteiger partial charge in [-0.3, -0.25) is 4.79 Å². The number of aromatic nitrogens is 3. The SMILES string of the molecule is CC1c2cccn2CCN1C(=O)c1oc2ccccc2c1CSc1ncccn1. The van der Waals surface area contributed by atoms with E-state index in [9.17, 15) is 4.79 Å². The molecule has 0 radical (unpaired) electrons. The minimum Gasteiger partial charge on any atom is -0.451 e. The minimum absolute atomic E-state index is 0.00239. The molecule has 1 aromatic carbocycles. The number of benzene rings is 1. The largest absolute Gasteiger partial charge is 0.451 e. The van der Waals surface area contributed by atoms with Gasteiger partial charge in [0.1, 0.15) is 5.58 Å². The molecule has 0 saturated carbocycles. The third kappa shape index (κ3) is 3.21. The molecule has 1 atom stereocenters. The van der Waals surface area contributed by atoms with Crippen molar-refractivity contribution in [2.45, 2.75) is 30.4 Å². The van der Waals surface area contributed by atoms with Gasteiger partial charge >= 0.3 is 0 Å². The number of fused-ring (bicyclic) bond motifs is 2. The first-order valence-corrected chi connectivity index (χ1v) is 10.6. The summed E-state index contributed by atoms with van der Waals surface area (Å²) in [7, 11) is 0. The molecule has 4 aromatic rings. The van der Waals surface area contributed by atoms with Crippen molar-refractivity contribution in [2.24, 2.45) is 0 Å². The average molecular weight is 404 g/mol. The van der Waals surface area contributed by atoms with Gasteiger partial charge in [0, 0.05) is 54.1 Å². The van der Waals surface area contributed by atoms with Crippen molar-refractivity contribution in [1.82, 2.24) is 19.4 Å². The molecule has 4 heterocycles. The van der Waals surface area contributed by atoms with Crippen LogP contribution >= 0.6 is 11.8 Å². The molecular weight excluding hydrogens is 384 g/mol. The number of hydrogen-bond acceptors (Lipinski definition) is 5. The average Bonchev–Trinajstić information content (AvgIpc) is 3.38. The van der Waals surface area contributed by atoms with Crippen LogP contribution < -0.4 is 0 Å². The molecule has 6 nitrogen and oxygen atoms in total. The van der Waals surface area contributed by atoms with Crippen LogP contribution in [0.2, 0.25) is 0 Å². The molecule has 7 heteroatoms. The second kappa shape index (κ2) is 7.40. The summed E-state index contributed by atoms with van der Waals surface area (Å²) in [6.07, 6.45) is 5.51. The summed E-state index contributed by atoms with van der Waals surface area (Å²) in [4.78, 5) is 24.0. The fourth-order valence-electron chi connectivity index (χ4n) is 3.90. The van der Waals surface area contributed by atoms with Crippen LogP contribution in [0.4, 0.5) is 0 Å². The van der Waals surface area contributed by atoms with Gasteiger partial charge in [-0.15, -0.1) is 0 Å². The summed E-state index contributed by atoms with van der Waals surface area (Å²) in [6, 6.07) is 13.7. The van der Waals surface area contributed by atoms with Crippen LogP contribution in [0.15, 0.2) is 70.6 Å². The summed E-state index contributed by atoms with van der Waals surface area (Å²) in [5.74, 6) is 0.924. The van der Waals surface area contributed by atoms with Gasteiger partial charge in [-0.05, 0) is 31.2 Å².